The highest BCUT2D eigenvalue weighted by Crippen LogP contribution is 2.14. The fourth-order valence-electron chi connectivity index (χ4n) is 6.78. The summed E-state index contributed by atoms with van der Waals surface area (Å²) in [4.78, 5) is 37.7. The van der Waals surface area contributed by atoms with Crippen LogP contribution in [0.15, 0.2) is 97.2 Å². The zero-order valence-corrected chi connectivity index (χ0v) is 40.8. The number of rotatable bonds is 45. The standard InChI is InChI=1S/C57H94O6/c1-4-7-10-13-15-17-19-21-23-24-25-26-27-28-29-30-31-32-34-35-37-39-41-44-47-50-56(59)62-53-54(52-61-55(58)49-46-43-12-9-6-3)63-57(60)51-48-45-42-40-38-36-33-22-20-18-16-14-11-8-5-2/h7-8,10-11,15-18,21-23,25-26,28-29,33,54H,4-6,9,12-14,19-20,24,27,30-32,34-53H2,1-3H3/b10-7-,11-8-,17-15-,18-16-,23-21-,26-25-,29-28-,33-22-. The molecule has 358 valence electrons. The van der Waals surface area contributed by atoms with Crippen LogP contribution in [-0.4, -0.2) is 37.2 Å². The molecule has 0 rings (SSSR count). The molecule has 6 nitrogen and oxygen atoms in total. The molecule has 0 spiro atoms. The minimum absolute atomic E-state index is 0.0879. The lowest BCUT2D eigenvalue weighted by Crippen LogP contribution is -2.30. The number of allylic oxidation sites excluding steroid dienone is 16. The van der Waals surface area contributed by atoms with Crippen LogP contribution in [0, 0.1) is 0 Å². The minimum Gasteiger partial charge on any atom is -0.462 e. The molecule has 0 aromatic heterocycles. The summed E-state index contributed by atoms with van der Waals surface area (Å²) < 4.78 is 16.6. The molecule has 0 aliphatic heterocycles. The molecule has 0 radical (unpaired) electrons. The molecule has 0 N–H and O–H groups in total. The van der Waals surface area contributed by atoms with Gasteiger partial charge >= 0.3 is 17.9 Å². The molecule has 0 aromatic rings. The molecule has 0 saturated carbocycles. The lowest BCUT2D eigenvalue weighted by Gasteiger charge is -2.18. The second-order valence-corrected chi connectivity index (χ2v) is 16.7. The van der Waals surface area contributed by atoms with E-state index in [9.17, 15) is 14.4 Å². The summed E-state index contributed by atoms with van der Waals surface area (Å²) in [7, 11) is 0. The van der Waals surface area contributed by atoms with Crippen LogP contribution in [0.4, 0.5) is 0 Å². The summed E-state index contributed by atoms with van der Waals surface area (Å²) in [5.41, 5.74) is 0. The summed E-state index contributed by atoms with van der Waals surface area (Å²) in [5, 5.41) is 0. The maximum absolute atomic E-state index is 12.7. The van der Waals surface area contributed by atoms with Gasteiger partial charge in [0.25, 0.3) is 0 Å². The lowest BCUT2D eigenvalue weighted by atomic mass is 10.1. The molecule has 0 aromatic carbocycles. The predicted octanol–water partition coefficient (Wildman–Crippen LogP) is 17.0. The summed E-state index contributed by atoms with van der Waals surface area (Å²) in [6.07, 6.45) is 67.2. The van der Waals surface area contributed by atoms with Crippen molar-refractivity contribution in [2.45, 2.75) is 232 Å². The van der Waals surface area contributed by atoms with E-state index < -0.39 is 6.10 Å². The number of carbonyl (C=O) groups excluding carboxylic acids is 3. The second kappa shape index (κ2) is 51.0. The first-order chi connectivity index (χ1) is 31.0. The van der Waals surface area contributed by atoms with Crippen LogP contribution in [0.5, 0.6) is 0 Å². The van der Waals surface area contributed by atoms with Crippen molar-refractivity contribution in [3.05, 3.63) is 97.2 Å². The highest BCUT2D eigenvalue weighted by molar-refractivity contribution is 5.71. The van der Waals surface area contributed by atoms with Crippen LogP contribution in [0.25, 0.3) is 0 Å². The maximum atomic E-state index is 12.7. The molecule has 0 amide bonds. The number of ether oxygens (including phenoxy) is 3. The summed E-state index contributed by atoms with van der Waals surface area (Å²) in [5.74, 6) is -0.929. The highest BCUT2D eigenvalue weighted by Gasteiger charge is 2.19. The third-order valence-electron chi connectivity index (χ3n) is 10.6. The lowest BCUT2D eigenvalue weighted by molar-refractivity contribution is -0.167. The van der Waals surface area contributed by atoms with E-state index in [1.54, 1.807) is 0 Å². The van der Waals surface area contributed by atoms with E-state index in [0.717, 1.165) is 141 Å². The third kappa shape index (κ3) is 49.2. The number of carbonyl (C=O) groups is 3. The molecule has 0 aliphatic rings. The van der Waals surface area contributed by atoms with Gasteiger partial charge in [-0.3, -0.25) is 14.4 Å². The zero-order chi connectivity index (χ0) is 45.8. The summed E-state index contributed by atoms with van der Waals surface area (Å²) in [6.45, 7) is 6.30. The smallest absolute Gasteiger partial charge is 0.306 e. The highest BCUT2D eigenvalue weighted by atomic mass is 16.6. The fraction of sp³-hybridized carbons (Fsp3) is 0.667. The van der Waals surface area contributed by atoms with Crippen molar-refractivity contribution >= 4 is 17.9 Å². The Morgan fingerprint density at radius 1 is 0.333 bits per heavy atom. The predicted molar refractivity (Wildman–Crippen MR) is 270 cm³/mol. The molecule has 1 unspecified atom stereocenters. The average molecular weight is 875 g/mol. The van der Waals surface area contributed by atoms with Crippen LogP contribution in [0.3, 0.4) is 0 Å². The van der Waals surface area contributed by atoms with Crippen molar-refractivity contribution in [2.24, 2.45) is 0 Å². The van der Waals surface area contributed by atoms with Crippen LogP contribution in [-0.2, 0) is 28.6 Å². The molecule has 1 atom stereocenters. The molecular weight excluding hydrogens is 781 g/mol. The van der Waals surface area contributed by atoms with Gasteiger partial charge in [0.05, 0.1) is 0 Å². The van der Waals surface area contributed by atoms with Crippen LogP contribution in [0.2, 0.25) is 0 Å². The topological polar surface area (TPSA) is 78.9 Å². The van der Waals surface area contributed by atoms with Crippen molar-refractivity contribution in [2.75, 3.05) is 13.2 Å². The van der Waals surface area contributed by atoms with E-state index in [4.69, 9.17) is 14.2 Å². The van der Waals surface area contributed by atoms with Gasteiger partial charge in [-0.05, 0) is 96.3 Å². The van der Waals surface area contributed by atoms with Gasteiger partial charge in [-0.1, -0.05) is 208 Å². The Morgan fingerprint density at radius 3 is 0.968 bits per heavy atom. The van der Waals surface area contributed by atoms with E-state index >= 15 is 0 Å². The van der Waals surface area contributed by atoms with Gasteiger partial charge in [0, 0.05) is 19.3 Å². The molecule has 0 heterocycles. The number of hydrogen-bond acceptors (Lipinski definition) is 6. The van der Waals surface area contributed by atoms with Crippen molar-refractivity contribution < 1.29 is 28.6 Å². The number of unbranched alkanes of at least 4 members (excludes halogenated alkanes) is 18. The quantitative estimate of drug-likeness (QED) is 0.0262. The van der Waals surface area contributed by atoms with Gasteiger partial charge in [0.2, 0.25) is 0 Å². The van der Waals surface area contributed by atoms with E-state index in [0.29, 0.717) is 19.3 Å². The van der Waals surface area contributed by atoms with Crippen molar-refractivity contribution in [1.82, 2.24) is 0 Å². The Morgan fingerprint density at radius 2 is 0.619 bits per heavy atom. The molecule has 6 heteroatoms. The molecule has 0 aliphatic carbocycles. The van der Waals surface area contributed by atoms with Gasteiger partial charge in [-0.25, -0.2) is 0 Å². The SMILES string of the molecule is CC/C=C\C/C=C\C/C=C\C/C=C\C/C=C\CCCCCCCCCCCC(=O)OCC(COC(=O)CCCCCCC)OC(=O)CCCCCCC/C=C\C/C=C\C/C=C\CC. The largest absolute Gasteiger partial charge is 0.462 e. The molecule has 0 fully saturated rings. The Hall–Kier alpha value is -3.67. The Kier molecular flexibility index (Phi) is 48.0. The molecule has 0 bridgehead atoms. The van der Waals surface area contributed by atoms with Gasteiger partial charge in [-0.2, -0.15) is 0 Å². The van der Waals surface area contributed by atoms with Crippen LogP contribution >= 0.6 is 0 Å². The molecule has 63 heavy (non-hydrogen) atoms. The number of hydrogen-bond donors (Lipinski definition) is 0. The van der Waals surface area contributed by atoms with Gasteiger partial charge < -0.3 is 14.2 Å². The second-order valence-electron chi connectivity index (χ2n) is 16.7. The first-order valence-corrected chi connectivity index (χ1v) is 25.7. The van der Waals surface area contributed by atoms with E-state index in [1.165, 1.54) is 44.9 Å². The van der Waals surface area contributed by atoms with Crippen LogP contribution in [0.1, 0.15) is 226 Å². The average Bonchev–Trinajstić information content (AvgIpc) is 3.28. The van der Waals surface area contributed by atoms with Crippen LogP contribution < -0.4 is 0 Å². The molecular formula is C57H94O6. The Labute approximate surface area is 387 Å². The van der Waals surface area contributed by atoms with Crippen molar-refractivity contribution in [3.8, 4) is 0 Å². The van der Waals surface area contributed by atoms with Gasteiger partial charge in [0.15, 0.2) is 6.10 Å². The minimum atomic E-state index is -0.785. The van der Waals surface area contributed by atoms with Gasteiger partial charge in [-0.15, -0.1) is 0 Å². The fourth-order valence-corrected chi connectivity index (χ4v) is 6.78. The first kappa shape index (κ1) is 59.3. The maximum Gasteiger partial charge on any atom is 0.306 e. The Bertz CT molecular complexity index is 1280. The summed E-state index contributed by atoms with van der Waals surface area (Å²) >= 11 is 0. The van der Waals surface area contributed by atoms with Crippen molar-refractivity contribution in [3.63, 3.8) is 0 Å². The normalized spacial score (nSPS) is 12.9. The third-order valence-corrected chi connectivity index (χ3v) is 10.6. The number of esters is 3. The zero-order valence-electron chi connectivity index (χ0n) is 40.8. The van der Waals surface area contributed by atoms with Gasteiger partial charge in [0.1, 0.15) is 13.2 Å². The van der Waals surface area contributed by atoms with E-state index in [-0.39, 0.29) is 31.1 Å². The monoisotopic (exact) mass is 875 g/mol. The van der Waals surface area contributed by atoms with E-state index in [1.807, 2.05) is 0 Å². The Balaban J connectivity index is 4.16. The van der Waals surface area contributed by atoms with Crippen molar-refractivity contribution in [1.29, 1.82) is 0 Å². The summed E-state index contributed by atoms with van der Waals surface area (Å²) in [6, 6.07) is 0. The molecule has 0 saturated heterocycles. The first-order valence-electron chi connectivity index (χ1n) is 25.7. The van der Waals surface area contributed by atoms with E-state index in [2.05, 4.69) is 118 Å².